The molecule has 2 aromatic heterocycles. The number of benzene rings is 1. The summed E-state index contributed by atoms with van der Waals surface area (Å²) >= 11 is 5.96. The summed E-state index contributed by atoms with van der Waals surface area (Å²) in [6.07, 6.45) is 0. The van der Waals surface area contributed by atoms with Crippen LogP contribution in [0.25, 0.3) is 16.8 Å². The lowest BCUT2D eigenvalue weighted by atomic mass is 10.1. The lowest BCUT2D eigenvalue weighted by Gasteiger charge is -2.08. The number of carbonyl (C=O) groups excluding carboxylic acids is 2. The van der Waals surface area contributed by atoms with Crippen molar-refractivity contribution in [1.82, 2.24) is 19.8 Å². The fourth-order valence-electron chi connectivity index (χ4n) is 2.68. The third-order valence-electron chi connectivity index (χ3n) is 3.79. The predicted octanol–water partition coefficient (Wildman–Crippen LogP) is 3.11. The van der Waals surface area contributed by atoms with Crippen molar-refractivity contribution < 1.29 is 19.1 Å². The lowest BCUT2D eigenvalue weighted by Crippen LogP contribution is -2.21. The maximum atomic E-state index is 12.5. The summed E-state index contributed by atoms with van der Waals surface area (Å²) in [5.41, 5.74) is 2.06. The van der Waals surface area contributed by atoms with E-state index in [9.17, 15) is 9.59 Å². The van der Waals surface area contributed by atoms with Gasteiger partial charge in [-0.25, -0.2) is 14.1 Å². The maximum Gasteiger partial charge on any atom is 0.361 e. The highest BCUT2D eigenvalue weighted by molar-refractivity contribution is 6.30. The summed E-state index contributed by atoms with van der Waals surface area (Å²) in [7, 11) is 0. The van der Waals surface area contributed by atoms with Crippen LogP contribution in [0, 0.1) is 6.92 Å². The van der Waals surface area contributed by atoms with Crippen LogP contribution >= 0.6 is 11.6 Å². The number of rotatable bonds is 5. The number of ether oxygens (including phenoxy) is 2. The average molecular weight is 389 g/mol. The highest BCUT2D eigenvalue weighted by Gasteiger charge is 2.28. The molecule has 0 N–H and O–H groups in total. The zero-order valence-electron chi connectivity index (χ0n) is 15.0. The standard InChI is InChI=1S/C18H17ClN4O4/c1-4-26-17(24)14-15(18(25)27-5-2)23-16(21-20-14)13(10(3)22-23)11-6-8-12(19)9-7-11/h6-9H,4-5H2,1-3H3. The van der Waals surface area contributed by atoms with Gasteiger partial charge in [0.25, 0.3) is 0 Å². The van der Waals surface area contributed by atoms with Gasteiger partial charge in [-0.15, -0.1) is 10.2 Å². The molecular formula is C18H17ClN4O4. The van der Waals surface area contributed by atoms with Crippen molar-refractivity contribution in [3.05, 3.63) is 46.4 Å². The van der Waals surface area contributed by atoms with Crippen LogP contribution in [0.1, 0.15) is 40.5 Å². The van der Waals surface area contributed by atoms with E-state index in [-0.39, 0.29) is 24.6 Å². The molecule has 0 aliphatic rings. The summed E-state index contributed by atoms with van der Waals surface area (Å²) in [5.74, 6) is -1.50. The number of hydrogen-bond acceptors (Lipinski definition) is 7. The zero-order valence-corrected chi connectivity index (χ0v) is 15.8. The van der Waals surface area contributed by atoms with Gasteiger partial charge in [-0.1, -0.05) is 23.7 Å². The molecule has 0 bridgehead atoms. The molecule has 0 spiro atoms. The minimum absolute atomic E-state index is 0.122. The first kappa shape index (κ1) is 18.8. The van der Waals surface area contributed by atoms with E-state index in [0.717, 1.165) is 5.56 Å². The first-order chi connectivity index (χ1) is 13.0. The number of aryl methyl sites for hydroxylation is 1. The molecule has 140 valence electrons. The molecule has 9 heteroatoms. The van der Waals surface area contributed by atoms with E-state index in [1.54, 1.807) is 32.9 Å². The van der Waals surface area contributed by atoms with Crippen molar-refractivity contribution in [3.63, 3.8) is 0 Å². The second-order valence-corrected chi connectivity index (χ2v) is 5.98. The van der Waals surface area contributed by atoms with Crippen LogP contribution in [-0.2, 0) is 9.47 Å². The van der Waals surface area contributed by atoms with Gasteiger partial charge < -0.3 is 9.47 Å². The molecule has 3 aromatic rings. The van der Waals surface area contributed by atoms with Crippen LogP contribution in [-0.4, -0.2) is 45.0 Å². The monoisotopic (exact) mass is 388 g/mol. The quantitative estimate of drug-likeness (QED) is 0.619. The predicted molar refractivity (Wildman–Crippen MR) is 97.9 cm³/mol. The Kier molecular flexibility index (Phi) is 5.36. The Hall–Kier alpha value is -3.00. The van der Waals surface area contributed by atoms with Crippen molar-refractivity contribution in [2.24, 2.45) is 0 Å². The smallest absolute Gasteiger partial charge is 0.361 e. The molecule has 0 radical (unpaired) electrons. The zero-order chi connectivity index (χ0) is 19.6. The van der Waals surface area contributed by atoms with E-state index in [1.165, 1.54) is 4.52 Å². The second-order valence-electron chi connectivity index (χ2n) is 5.54. The first-order valence-corrected chi connectivity index (χ1v) is 8.71. The summed E-state index contributed by atoms with van der Waals surface area (Å²) in [6, 6.07) is 7.12. The molecule has 0 atom stereocenters. The second kappa shape index (κ2) is 7.71. The Labute approximate surface area is 160 Å². The molecule has 0 fully saturated rings. The normalized spacial score (nSPS) is 10.8. The van der Waals surface area contributed by atoms with E-state index < -0.39 is 11.9 Å². The molecule has 0 aliphatic heterocycles. The Morgan fingerprint density at radius 2 is 1.67 bits per heavy atom. The molecule has 0 aliphatic carbocycles. The number of aromatic nitrogens is 4. The molecular weight excluding hydrogens is 372 g/mol. The number of carbonyl (C=O) groups is 2. The van der Waals surface area contributed by atoms with Gasteiger partial charge in [-0.05, 0) is 38.5 Å². The molecule has 0 unspecified atom stereocenters. The van der Waals surface area contributed by atoms with Crippen LogP contribution in [0.5, 0.6) is 0 Å². The minimum Gasteiger partial charge on any atom is -0.461 e. The van der Waals surface area contributed by atoms with Crippen LogP contribution in [0.4, 0.5) is 0 Å². The summed E-state index contributed by atoms with van der Waals surface area (Å²) < 4.78 is 11.3. The Morgan fingerprint density at radius 1 is 1.04 bits per heavy atom. The van der Waals surface area contributed by atoms with Crippen molar-refractivity contribution >= 4 is 29.2 Å². The Morgan fingerprint density at radius 3 is 2.30 bits per heavy atom. The van der Waals surface area contributed by atoms with E-state index in [1.807, 2.05) is 12.1 Å². The largest absolute Gasteiger partial charge is 0.461 e. The van der Waals surface area contributed by atoms with Crippen LogP contribution < -0.4 is 0 Å². The van der Waals surface area contributed by atoms with E-state index in [0.29, 0.717) is 21.9 Å². The van der Waals surface area contributed by atoms with Gasteiger partial charge in [-0.2, -0.15) is 5.10 Å². The number of esters is 2. The van der Waals surface area contributed by atoms with Crippen molar-refractivity contribution in [2.45, 2.75) is 20.8 Å². The molecule has 0 amide bonds. The molecule has 27 heavy (non-hydrogen) atoms. The summed E-state index contributed by atoms with van der Waals surface area (Å²) in [5, 5.41) is 13.0. The van der Waals surface area contributed by atoms with Crippen LogP contribution in [0.3, 0.4) is 0 Å². The van der Waals surface area contributed by atoms with Gasteiger partial charge in [0.2, 0.25) is 5.69 Å². The number of nitrogens with zero attached hydrogens (tertiary/aromatic N) is 4. The van der Waals surface area contributed by atoms with Gasteiger partial charge >= 0.3 is 11.9 Å². The number of hydrogen-bond donors (Lipinski definition) is 0. The molecule has 8 nitrogen and oxygen atoms in total. The average Bonchev–Trinajstić information content (AvgIpc) is 2.97. The minimum atomic E-state index is -0.767. The summed E-state index contributed by atoms with van der Waals surface area (Å²) in [6.45, 7) is 5.37. The Bertz CT molecular complexity index is 1010. The highest BCUT2D eigenvalue weighted by atomic mass is 35.5. The fraction of sp³-hybridized carbons (Fsp3) is 0.278. The van der Waals surface area contributed by atoms with Gasteiger partial charge in [0.1, 0.15) is 0 Å². The maximum absolute atomic E-state index is 12.5. The van der Waals surface area contributed by atoms with Crippen LogP contribution in [0.2, 0.25) is 5.02 Å². The summed E-state index contributed by atoms with van der Waals surface area (Å²) in [4.78, 5) is 24.7. The lowest BCUT2D eigenvalue weighted by molar-refractivity contribution is 0.0463. The molecule has 0 saturated carbocycles. The molecule has 2 heterocycles. The molecule has 0 saturated heterocycles. The van der Waals surface area contributed by atoms with Gasteiger partial charge in [0, 0.05) is 5.02 Å². The fourth-order valence-corrected chi connectivity index (χ4v) is 2.81. The van der Waals surface area contributed by atoms with Gasteiger partial charge in [-0.3, -0.25) is 0 Å². The van der Waals surface area contributed by atoms with Crippen molar-refractivity contribution in [3.8, 4) is 11.1 Å². The number of fused-ring (bicyclic) bond motifs is 1. The van der Waals surface area contributed by atoms with E-state index >= 15 is 0 Å². The molecule has 3 rings (SSSR count). The number of halogens is 1. The van der Waals surface area contributed by atoms with E-state index in [4.69, 9.17) is 21.1 Å². The topological polar surface area (TPSA) is 95.7 Å². The Balaban J connectivity index is 2.27. The third-order valence-corrected chi connectivity index (χ3v) is 4.04. The van der Waals surface area contributed by atoms with Crippen molar-refractivity contribution in [2.75, 3.05) is 13.2 Å². The van der Waals surface area contributed by atoms with E-state index in [2.05, 4.69) is 15.3 Å². The van der Waals surface area contributed by atoms with Crippen LogP contribution in [0.15, 0.2) is 24.3 Å². The third kappa shape index (κ3) is 3.48. The SMILES string of the molecule is CCOC(=O)c1nnc2c(-c3ccc(Cl)cc3)c(C)nn2c1C(=O)OCC. The van der Waals surface area contributed by atoms with Gasteiger partial charge in [0.15, 0.2) is 11.3 Å². The molecule has 1 aromatic carbocycles. The first-order valence-electron chi connectivity index (χ1n) is 8.34. The van der Waals surface area contributed by atoms with Gasteiger partial charge in [0.05, 0.1) is 24.5 Å². The van der Waals surface area contributed by atoms with Crippen molar-refractivity contribution in [1.29, 1.82) is 0 Å². The highest BCUT2D eigenvalue weighted by Crippen LogP contribution is 2.29.